The highest BCUT2D eigenvalue weighted by atomic mass is 16.2. The van der Waals surface area contributed by atoms with E-state index in [1.807, 2.05) is 6.92 Å². The van der Waals surface area contributed by atoms with Crippen LogP contribution in [-0.4, -0.2) is 52.9 Å². The monoisotopic (exact) mass is 407 g/mol. The first-order valence-corrected chi connectivity index (χ1v) is 12.0. The Morgan fingerprint density at radius 1 is 1.10 bits per heavy atom. The Kier molecular flexibility index (Phi) is 7.04. The van der Waals surface area contributed by atoms with Gasteiger partial charge in [-0.05, 0) is 75.6 Å². The average molecular weight is 408 g/mol. The number of pyridine rings is 1. The van der Waals surface area contributed by atoms with E-state index in [0.717, 1.165) is 69.0 Å². The molecule has 1 aliphatic heterocycles. The molecule has 1 saturated carbocycles. The van der Waals surface area contributed by atoms with Crippen molar-refractivity contribution >= 4 is 16.8 Å². The second-order valence-corrected chi connectivity index (χ2v) is 9.28. The Hall–Kier alpha value is -1.94. The number of carbonyl (C=O) groups is 1. The van der Waals surface area contributed by atoms with Gasteiger partial charge in [-0.25, -0.2) is 0 Å². The largest absolute Gasteiger partial charge is 0.341 e. The topological polar surface area (TPSA) is 36.4 Å². The molecular formula is C26H37N3O. The summed E-state index contributed by atoms with van der Waals surface area (Å²) in [5, 5.41) is 1.21. The van der Waals surface area contributed by atoms with Crippen LogP contribution in [0.3, 0.4) is 0 Å². The minimum absolute atomic E-state index is 0.171. The SMILES string of the molecule is CCC(CCCc1ccc2nc(C)ccc2c1)C(=O)N1CCCN(C2CCC2)CC1. The van der Waals surface area contributed by atoms with E-state index in [-0.39, 0.29) is 5.92 Å². The van der Waals surface area contributed by atoms with Gasteiger partial charge in [-0.15, -0.1) is 0 Å². The highest BCUT2D eigenvalue weighted by molar-refractivity contribution is 5.79. The lowest BCUT2D eigenvalue weighted by Crippen LogP contribution is -2.43. The van der Waals surface area contributed by atoms with Crippen molar-refractivity contribution in [1.82, 2.24) is 14.8 Å². The first-order chi connectivity index (χ1) is 14.6. The highest BCUT2D eigenvalue weighted by Crippen LogP contribution is 2.26. The van der Waals surface area contributed by atoms with E-state index in [1.165, 1.54) is 36.8 Å². The Balaban J connectivity index is 1.28. The number of hydrogen-bond acceptors (Lipinski definition) is 3. The molecule has 4 nitrogen and oxygen atoms in total. The van der Waals surface area contributed by atoms with Crippen molar-refractivity contribution in [1.29, 1.82) is 0 Å². The van der Waals surface area contributed by atoms with E-state index in [4.69, 9.17) is 0 Å². The lowest BCUT2D eigenvalue weighted by molar-refractivity contribution is -0.135. The van der Waals surface area contributed by atoms with Crippen molar-refractivity contribution in [2.75, 3.05) is 26.2 Å². The maximum atomic E-state index is 13.2. The lowest BCUT2D eigenvalue weighted by atomic mass is 9.91. The molecule has 1 atom stereocenters. The number of aromatic nitrogens is 1. The van der Waals surface area contributed by atoms with Crippen LogP contribution in [0.15, 0.2) is 30.3 Å². The van der Waals surface area contributed by atoms with Crippen LogP contribution in [0, 0.1) is 12.8 Å². The molecule has 1 amide bonds. The second kappa shape index (κ2) is 9.91. The summed E-state index contributed by atoms with van der Waals surface area (Å²) < 4.78 is 0. The molecule has 1 aromatic carbocycles. The standard InChI is InChI=1S/C26H37N3O/c1-3-22(26(30)29-16-6-15-28(17-18-29)24-9-5-10-24)8-4-7-21-12-14-25-23(19-21)13-11-20(2)27-25/h11-14,19,22,24H,3-10,15-18H2,1-2H3. The lowest BCUT2D eigenvalue weighted by Gasteiger charge is -2.36. The predicted molar refractivity (Wildman–Crippen MR) is 124 cm³/mol. The fraction of sp³-hybridized carbons (Fsp3) is 0.615. The normalized spacial score (nSPS) is 19.5. The molecule has 0 N–H and O–H groups in total. The van der Waals surface area contributed by atoms with Gasteiger partial charge in [0.1, 0.15) is 0 Å². The molecule has 30 heavy (non-hydrogen) atoms. The molecule has 0 spiro atoms. The molecule has 4 rings (SSSR count). The van der Waals surface area contributed by atoms with Crippen molar-refractivity contribution < 1.29 is 4.79 Å². The number of amides is 1. The molecule has 1 aliphatic carbocycles. The summed E-state index contributed by atoms with van der Waals surface area (Å²) in [6.07, 6.45) is 9.26. The Bertz CT molecular complexity index is 860. The van der Waals surface area contributed by atoms with Crippen LogP contribution in [0.5, 0.6) is 0 Å². The summed E-state index contributed by atoms with van der Waals surface area (Å²) in [6.45, 7) is 8.30. The van der Waals surface area contributed by atoms with Crippen LogP contribution in [0.1, 0.15) is 63.1 Å². The summed E-state index contributed by atoms with van der Waals surface area (Å²) in [4.78, 5) is 22.6. The molecule has 162 valence electrons. The van der Waals surface area contributed by atoms with Gasteiger partial charge in [-0.1, -0.05) is 25.5 Å². The van der Waals surface area contributed by atoms with Gasteiger partial charge in [0.25, 0.3) is 0 Å². The molecule has 0 radical (unpaired) electrons. The van der Waals surface area contributed by atoms with E-state index >= 15 is 0 Å². The van der Waals surface area contributed by atoms with Crippen molar-refractivity contribution in [3.8, 4) is 0 Å². The van der Waals surface area contributed by atoms with E-state index in [0.29, 0.717) is 5.91 Å². The zero-order chi connectivity index (χ0) is 20.9. The van der Waals surface area contributed by atoms with Crippen molar-refractivity contribution in [3.63, 3.8) is 0 Å². The van der Waals surface area contributed by atoms with Crippen LogP contribution in [0.4, 0.5) is 0 Å². The van der Waals surface area contributed by atoms with Gasteiger partial charge in [0, 0.05) is 49.2 Å². The fourth-order valence-electron chi connectivity index (χ4n) is 5.02. The average Bonchev–Trinajstić information content (AvgIpc) is 2.95. The molecule has 2 aliphatic rings. The summed E-state index contributed by atoms with van der Waals surface area (Å²) >= 11 is 0. The minimum Gasteiger partial charge on any atom is -0.341 e. The van der Waals surface area contributed by atoms with Gasteiger partial charge >= 0.3 is 0 Å². The van der Waals surface area contributed by atoms with Gasteiger partial charge in [0.15, 0.2) is 0 Å². The molecule has 2 aromatic rings. The maximum Gasteiger partial charge on any atom is 0.225 e. The summed E-state index contributed by atoms with van der Waals surface area (Å²) in [5.41, 5.74) is 3.47. The third kappa shape index (κ3) is 5.03. The molecular weight excluding hydrogens is 370 g/mol. The first-order valence-electron chi connectivity index (χ1n) is 12.0. The molecule has 1 unspecified atom stereocenters. The van der Waals surface area contributed by atoms with Crippen molar-refractivity contribution in [2.24, 2.45) is 5.92 Å². The number of rotatable bonds is 7. The van der Waals surface area contributed by atoms with E-state index in [2.05, 4.69) is 52.0 Å². The van der Waals surface area contributed by atoms with Gasteiger partial charge in [0.2, 0.25) is 5.91 Å². The molecule has 1 aromatic heterocycles. The summed E-state index contributed by atoms with van der Waals surface area (Å²) in [5.74, 6) is 0.566. The predicted octanol–water partition coefficient (Wildman–Crippen LogP) is 4.98. The van der Waals surface area contributed by atoms with Crippen LogP contribution >= 0.6 is 0 Å². The minimum atomic E-state index is 0.171. The fourth-order valence-corrected chi connectivity index (χ4v) is 5.02. The van der Waals surface area contributed by atoms with Crippen LogP contribution < -0.4 is 0 Å². The number of aryl methyl sites for hydroxylation is 2. The van der Waals surface area contributed by atoms with E-state index in [9.17, 15) is 4.79 Å². The van der Waals surface area contributed by atoms with Gasteiger partial charge < -0.3 is 4.90 Å². The number of hydrogen-bond donors (Lipinski definition) is 0. The third-order valence-electron chi connectivity index (χ3n) is 7.19. The van der Waals surface area contributed by atoms with Gasteiger partial charge in [0.05, 0.1) is 5.52 Å². The van der Waals surface area contributed by atoms with Crippen LogP contribution in [-0.2, 0) is 11.2 Å². The quantitative estimate of drug-likeness (QED) is 0.649. The zero-order valence-corrected chi connectivity index (χ0v) is 18.8. The van der Waals surface area contributed by atoms with Crippen LogP contribution in [0.25, 0.3) is 10.9 Å². The Morgan fingerprint density at radius 3 is 2.73 bits per heavy atom. The smallest absolute Gasteiger partial charge is 0.225 e. The van der Waals surface area contributed by atoms with Gasteiger partial charge in [-0.3, -0.25) is 14.7 Å². The zero-order valence-electron chi connectivity index (χ0n) is 18.8. The number of nitrogens with zero attached hydrogens (tertiary/aromatic N) is 3. The van der Waals surface area contributed by atoms with Crippen molar-refractivity contribution in [2.45, 2.75) is 71.3 Å². The number of benzene rings is 1. The number of carbonyl (C=O) groups excluding carboxylic acids is 1. The van der Waals surface area contributed by atoms with Crippen LogP contribution in [0.2, 0.25) is 0 Å². The second-order valence-electron chi connectivity index (χ2n) is 9.28. The molecule has 0 bridgehead atoms. The number of fused-ring (bicyclic) bond motifs is 1. The highest BCUT2D eigenvalue weighted by Gasteiger charge is 2.29. The molecule has 4 heteroatoms. The summed E-state index contributed by atoms with van der Waals surface area (Å²) in [7, 11) is 0. The molecule has 2 fully saturated rings. The molecule has 1 saturated heterocycles. The van der Waals surface area contributed by atoms with Gasteiger partial charge in [-0.2, -0.15) is 0 Å². The molecule has 2 heterocycles. The third-order valence-corrected chi connectivity index (χ3v) is 7.19. The van der Waals surface area contributed by atoms with E-state index < -0.39 is 0 Å². The first kappa shape index (κ1) is 21.3. The maximum absolute atomic E-state index is 13.2. The van der Waals surface area contributed by atoms with Crippen molar-refractivity contribution in [3.05, 3.63) is 41.6 Å². The Morgan fingerprint density at radius 2 is 1.97 bits per heavy atom. The van der Waals surface area contributed by atoms with E-state index in [1.54, 1.807) is 0 Å². The Labute approximate surface area is 181 Å². The summed E-state index contributed by atoms with van der Waals surface area (Å²) in [6, 6.07) is 11.6.